The zero-order valence-electron chi connectivity index (χ0n) is 16.0. The average Bonchev–Trinajstić information content (AvgIpc) is 2.56. The summed E-state index contributed by atoms with van der Waals surface area (Å²) >= 11 is 3.42. The van der Waals surface area contributed by atoms with Gasteiger partial charge in [-0.2, -0.15) is 0 Å². The molecule has 3 heteroatoms. The molecule has 0 saturated carbocycles. The minimum atomic E-state index is -0.541. The molecule has 0 radical (unpaired) electrons. The molecule has 1 rings (SSSR count). The predicted molar refractivity (Wildman–Crippen MR) is 113 cm³/mol. The molecular weight excluding hydrogens is 374 g/mol. The van der Waals surface area contributed by atoms with E-state index in [0.29, 0.717) is 6.04 Å². The molecule has 25 heavy (non-hydrogen) atoms. The van der Waals surface area contributed by atoms with E-state index in [1.165, 1.54) is 11.1 Å². The van der Waals surface area contributed by atoms with Crippen molar-refractivity contribution in [2.24, 2.45) is 0 Å². The van der Waals surface area contributed by atoms with Crippen molar-refractivity contribution in [2.75, 3.05) is 13.6 Å². The molecule has 1 aromatic carbocycles. The topological polar surface area (TPSA) is 23.5 Å². The fourth-order valence-corrected chi connectivity index (χ4v) is 3.35. The fraction of sp³-hybridized carbons (Fsp3) is 0.455. The van der Waals surface area contributed by atoms with Gasteiger partial charge in [-0.3, -0.25) is 4.90 Å². The van der Waals surface area contributed by atoms with Crippen LogP contribution in [-0.2, 0) is 0 Å². The molecule has 0 spiro atoms. The van der Waals surface area contributed by atoms with Crippen LogP contribution in [0.3, 0.4) is 0 Å². The van der Waals surface area contributed by atoms with Crippen LogP contribution < -0.4 is 0 Å². The molecule has 0 aromatic heterocycles. The summed E-state index contributed by atoms with van der Waals surface area (Å²) in [6, 6.07) is 8.28. The molecule has 0 aliphatic rings. The van der Waals surface area contributed by atoms with Crippen LogP contribution in [0.25, 0.3) is 0 Å². The van der Waals surface area contributed by atoms with E-state index in [-0.39, 0.29) is 0 Å². The number of halogens is 1. The average molecular weight is 406 g/mol. The molecule has 0 aliphatic heterocycles. The first kappa shape index (κ1) is 21.9. The van der Waals surface area contributed by atoms with E-state index in [1.54, 1.807) is 0 Å². The summed E-state index contributed by atoms with van der Waals surface area (Å²) < 4.78 is 1.02. The third kappa shape index (κ3) is 7.72. The van der Waals surface area contributed by atoms with Crippen LogP contribution in [0.2, 0.25) is 0 Å². The molecular formula is C22H32BrNO. The van der Waals surface area contributed by atoms with Crippen molar-refractivity contribution in [1.82, 2.24) is 4.90 Å². The van der Waals surface area contributed by atoms with Crippen molar-refractivity contribution in [1.29, 1.82) is 0 Å². The summed E-state index contributed by atoms with van der Waals surface area (Å²) in [7, 11) is 2.15. The Morgan fingerprint density at radius 2 is 1.92 bits per heavy atom. The molecule has 1 N–H and O–H groups in total. The summed E-state index contributed by atoms with van der Waals surface area (Å²) in [6.07, 6.45) is 8.76. The predicted octanol–water partition coefficient (Wildman–Crippen LogP) is 6.05. The van der Waals surface area contributed by atoms with Gasteiger partial charge in [0.25, 0.3) is 0 Å². The van der Waals surface area contributed by atoms with E-state index in [9.17, 15) is 5.11 Å². The van der Waals surface area contributed by atoms with Gasteiger partial charge in [0.05, 0.1) is 6.10 Å². The third-order valence-electron chi connectivity index (χ3n) is 4.52. The molecule has 0 saturated heterocycles. The van der Waals surface area contributed by atoms with E-state index in [4.69, 9.17) is 0 Å². The normalized spacial score (nSPS) is 15.3. The lowest BCUT2D eigenvalue weighted by atomic mass is 10.0. The fourth-order valence-electron chi connectivity index (χ4n) is 3.08. The molecule has 0 aliphatic carbocycles. The van der Waals surface area contributed by atoms with Crippen LogP contribution in [0.1, 0.15) is 51.7 Å². The van der Waals surface area contributed by atoms with Gasteiger partial charge in [-0.15, -0.1) is 6.58 Å². The first-order chi connectivity index (χ1) is 11.9. The van der Waals surface area contributed by atoms with E-state index in [1.807, 2.05) is 36.4 Å². The van der Waals surface area contributed by atoms with Crippen LogP contribution in [0, 0.1) is 0 Å². The minimum absolute atomic E-state index is 0.468. The van der Waals surface area contributed by atoms with Crippen LogP contribution in [0.4, 0.5) is 0 Å². The van der Waals surface area contributed by atoms with Crippen LogP contribution in [0.15, 0.2) is 64.7 Å². The first-order valence-corrected chi connectivity index (χ1v) is 9.76. The Kier molecular flexibility index (Phi) is 10.0. The van der Waals surface area contributed by atoms with Gasteiger partial charge in [0.15, 0.2) is 0 Å². The summed E-state index contributed by atoms with van der Waals surface area (Å²) in [6.45, 7) is 11.3. The highest BCUT2D eigenvalue weighted by Crippen LogP contribution is 2.21. The molecule has 138 valence electrons. The molecule has 2 nitrogen and oxygen atoms in total. The highest BCUT2D eigenvalue weighted by Gasteiger charge is 2.12. The number of likely N-dealkylation sites (N-methyl/N-ethyl adjacent to an activating group) is 1. The monoisotopic (exact) mass is 405 g/mol. The maximum Gasteiger partial charge on any atom is 0.0974 e. The molecule has 2 atom stereocenters. The molecule has 1 aromatic rings. The number of hydrogen-bond donors (Lipinski definition) is 1. The quantitative estimate of drug-likeness (QED) is 0.478. The number of rotatable bonds is 10. The Labute approximate surface area is 162 Å². The summed E-state index contributed by atoms with van der Waals surface area (Å²) in [5.41, 5.74) is 3.55. The second kappa shape index (κ2) is 11.5. The standard InChI is InChI=1S/C22H32BrNO/c1-6-15-24(5)21(7-2)18(4)10-8-9-17(3)16-22(25)19-11-13-20(23)14-12-19/h6,10-14,16,21-22,25H,1,7-9,15H2,2-5H3/b17-16+,18-10+. The van der Waals surface area contributed by atoms with Gasteiger partial charge in [-0.1, -0.05) is 64.4 Å². The maximum absolute atomic E-state index is 10.3. The summed E-state index contributed by atoms with van der Waals surface area (Å²) in [5, 5.41) is 10.3. The lowest BCUT2D eigenvalue weighted by Gasteiger charge is -2.27. The lowest BCUT2D eigenvalue weighted by molar-refractivity contribution is 0.227. The Hall–Kier alpha value is -1.16. The van der Waals surface area contributed by atoms with Crippen LogP contribution in [0.5, 0.6) is 0 Å². The largest absolute Gasteiger partial charge is 0.384 e. The van der Waals surface area contributed by atoms with E-state index >= 15 is 0 Å². The Morgan fingerprint density at radius 1 is 1.28 bits per heavy atom. The van der Waals surface area contributed by atoms with Gasteiger partial charge in [0.2, 0.25) is 0 Å². The number of hydrogen-bond acceptors (Lipinski definition) is 2. The smallest absolute Gasteiger partial charge is 0.0974 e. The molecule has 0 heterocycles. The minimum Gasteiger partial charge on any atom is -0.384 e. The number of aliphatic hydroxyl groups is 1. The van der Waals surface area contributed by atoms with Crippen molar-refractivity contribution < 1.29 is 5.11 Å². The second-order valence-electron chi connectivity index (χ2n) is 6.65. The van der Waals surface area contributed by atoms with Gasteiger partial charge >= 0.3 is 0 Å². The number of aliphatic hydroxyl groups excluding tert-OH is 1. The van der Waals surface area contributed by atoms with Gasteiger partial charge < -0.3 is 5.11 Å². The van der Waals surface area contributed by atoms with Gasteiger partial charge in [0.1, 0.15) is 0 Å². The van der Waals surface area contributed by atoms with Crippen molar-refractivity contribution in [2.45, 2.75) is 52.2 Å². The first-order valence-electron chi connectivity index (χ1n) is 8.97. The highest BCUT2D eigenvalue weighted by atomic mass is 79.9. The zero-order chi connectivity index (χ0) is 18.8. The Bertz CT molecular complexity index is 589. The summed E-state index contributed by atoms with van der Waals surface area (Å²) in [5.74, 6) is 0. The highest BCUT2D eigenvalue weighted by molar-refractivity contribution is 9.10. The molecule has 0 amide bonds. The Balaban J connectivity index is 2.60. The third-order valence-corrected chi connectivity index (χ3v) is 5.05. The van der Waals surface area contributed by atoms with Crippen molar-refractivity contribution in [3.63, 3.8) is 0 Å². The SMILES string of the molecule is C=CCN(C)C(CC)/C(C)=C/CC/C(C)=C/C(O)c1ccc(Br)cc1. The Morgan fingerprint density at radius 3 is 2.48 bits per heavy atom. The molecule has 0 fully saturated rings. The van der Waals surface area contributed by atoms with Crippen LogP contribution in [-0.4, -0.2) is 29.6 Å². The van der Waals surface area contributed by atoms with Gasteiger partial charge in [-0.25, -0.2) is 0 Å². The summed E-state index contributed by atoms with van der Waals surface area (Å²) in [4.78, 5) is 2.33. The van der Waals surface area contributed by atoms with Gasteiger partial charge in [-0.05, 0) is 57.9 Å². The van der Waals surface area contributed by atoms with Crippen molar-refractivity contribution in [3.05, 3.63) is 70.3 Å². The zero-order valence-corrected chi connectivity index (χ0v) is 17.6. The van der Waals surface area contributed by atoms with Crippen molar-refractivity contribution in [3.8, 4) is 0 Å². The van der Waals surface area contributed by atoms with Gasteiger partial charge in [0, 0.05) is 17.1 Å². The van der Waals surface area contributed by atoms with Crippen molar-refractivity contribution >= 4 is 15.9 Å². The van der Waals surface area contributed by atoms with E-state index in [2.05, 4.69) is 61.3 Å². The molecule has 0 bridgehead atoms. The number of nitrogens with zero attached hydrogens (tertiary/aromatic N) is 1. The second-order valence-corrected chi connectivity index (χ2v) is 7.56. The lowest BCUT2D eigenvalue weighted by Crippen LogP contribution is -2.32. The molecule has 2 unspecified atom stereocenters. The van der Waals surface area contributed by atoms with E-state index in [0.717, 1.165) is 35.8 Å². The number of benzene rings is 1. The van der Waals surface area contributed by atoms with E-state index < -0.39 is 6.10 Å². The number of allylic oxidation sites excluding steroid dienone is 2. The van der Waals surface area contributed by atoms with Crippen LogP contribution >= 0.6 is 15.9 Å². The maximum atomic E-state index is 10.3.